The topological polar surface area (TPSA) is 38.7 Å². The van der Waals surface area contributed by atoms with Crippen LogP contribution < -0.4 is 9.47 Å². The van der Waals surface area contributed by atoms with Crippen LogP contribution in [0, 0.1) is 5.82 Å². The van der Waals surface area contributed by atoms with E-state index >= 15 is 0 Å². The van der Waals surface area contributed by atoms with Gasteiger partial charge in [-0.05, 0) is 34.8 Å². The van der Waals surface area contributed by atoms with Gasteiger partial charge in [-0.3, -0.25) is 0 Å². The van der Waals surface area contributed by atoms with Gasteiger partial charge in [-0.15, -0.1) is 0 Å². The molecule has 0 bridgehead atoms. The van der Waals surface area contributed by atoms with Crippen LogP contribution in [0.15, 0.2) is 10.5 Å². The van der Waals surface area contributed by atoms with Gasteiger partial charge in [0.2, 0.25) is 0 Å². The van der Waals surface area contributed by atoms with E-state index in [-0.39, 0.29) is 11.3 Å². The van der Waals surface area contributed by atoms with Gasteiger partial charge in [0.15, 0.2) is 11.5 Å². The van der Waals surface area contributed by atoms with Crippen molar-refractivity contribution in [1.29, 1.82) is 0 Å². The minimum atomic E-state index is -1.09. The summed E-state index contributed by atoms with van der Waals surface area (Å²) in [5.41, 5.74) is -0.904. The molecule has 1 fully saturated rings. The number of rotatable bonds is 3. The highest BCUT2D eigenvalue weighted by Crippen LogP contribution is 2.53. The van der Waals surface area contributed by atoms with Crippen molar-refractivity contribution in [3.05, 3.63) is 21.9 Å². The molecule has 0 aliphatic heterocycles. The van der Waals surface area contributed by atoms with Gasteiger partial charge in [-0.2, -0.15) is 0 Å². The van der Waals surface area contributed by atoms with Crippen molar-refractivity contribution in [2.75, 3.05) is 14.2 Å². The number of methoxy groups -OCH3 is 2. The predicted octanol–water partition coefficient (Wildman–Crippen LogP) is 2.59. The number of aliphatic hydroxyl groups is 1. The van der Waals surface area contributed by atoms with Crippen LogP contribution in [0.5, 0.6) is 11.5 Å². The van der Waals surface area contributed by atoms with Crippen molar-refractivity contribution in [2.45, 2.75) is 18.4 Å². The van der Waals surface area contributed by atoms with Crippen molar-refractivity contribution < 1.29 is 19.0 Å². The van der Waals surface area contributed by atoms with Crippen LogP contribution >= 0.6 is 15.9 Å². The highest BCUT2D eigenvalue weighted by atomic mass is 79.9. The molecule has 1 aromatic carbocycles. The van der Waals surface area contributed by atoms with E-state index in [1.807, 2.05) is 0 Å². The monoisotopic (exact) mass is 290 g/mol. The van der Waals surface area contributed by atoms with Crippen LogP contribution in [-0.2, 0) is 5.60 Å². The van der Waals surface area contributed by atoms with E-state index in [2.05, 4.69) is 15.9 Å². The Morgan fingerprint density at radius 3 is 2.31 bits per heavy atom. The Labute approximate surface area is 101 Å². The van der Waals surface area contributed by atoms with Gasteiger partial charge in [-0.25, -0.2) is 4.39 Å². The Morgan fingerprint density at radius 1 is 1.31 bits per heavy atom. The van der Waals surface area contributed by atoms with Crippen molar-refractivity contribution in [2.24, 2.45) is 0 Å². The van der Waals surface area contributed by atoms with Crippen LogP contribution in [0.3, 0.4) is 0 Å². The molecule has 0 radical (unpaired) electrons. The van der Waals surface area contributed by atoms with E-state index in [1.54, 1.807) is 0 Å². The van der Waals surface area contributed by atoms with Gasteiger partial charge in [0, 0.05) is 0 Å². The van der Waals surface area contributed by atoms with E-state index in [0.717, 1.165) is 0 Å². The normalized spacial score (nSPS) is 17.1. The number of hydrogen-bond acceptors (Lipinski definition) is 3. The first-order chi connectivity index (χ1) is 7.53. The summed E-state index contributed by atoms with van der Waals surface area (Å²) in [7, 11) is 2.90. The van der Waals surface area contributed by atoms with Crippen molar-refractivity contribution >= 4 is 15.9 Å². The molecular formula is C11H12BrFO3. The molecule has 16 heavy (non-hydrogen) atoms. The zero-order chi connectivity index (χ0) is 11.9. The maximum atomic E-state index is 13.8. The minimum absolute atomic E-state index is 0.190. The van der Waals surface area contributed by atoms with Crippen molar-refractivity contribution in [3.63, 3.8) is 0 Å². The summed E-state index contributed by atoms with van der Waals surface area (Å²) in [6, 6.07) is 1.28. The first-order valence-corrected chi connectivity index (χ1v) is 5.65. The summed E-state index contributed by atoms with van der Waals surface area (Å²) >= 11 is 3.19. The second-order valence-corrected chi connectivity index (χ2v) is 4.67. The average molecular weight is 291 g/mol. The molecule has 0 saturated heterocycles. The number of ether oxygens (including phenoxy) is 2. The number of hydrogen-bond donors (Lipinski definition) is 1. The second kappa shape index (κ2) is 3.89. The maximum Gasteiger partial charge on any atom is 0.175 e. The molecule has 1 N–H and O–H groups in total. The van der Waals surface area contributed by atoms with Gasteiger partial charge < -0.3 is 14.6 Å². The lowest BCUT2D eigenvalue weighted by Crippen LogP contribution is -2.11. The van der Waals surface area contributed by atoms with Gasteiger partial charge in [0.1, 0.15) is 5.82 Å². The van der Waals surface area contributed by atoms with Gasteiger partial charge >= 0.3 is 0 Å². The third-order valence-electron chi connectivity index (χ3n) is 2.74. The number of halogens is 2. The molecule has 0 unspecified atom stereocenters. The van der Waals surface area contributed by atoms with Gasteiger partial charge in [-0.1, -0.05) is 0 Å². The zero-order valence-corrected chi connectivity index (χ0v) is 10.6. The fraction of sp³-hybridized carbons (Fsp3) is 0.455. The SMILES string of the molecule is COc1c(Br)cc(F)c(C2(O)CC2)c1OC. The van der Waals surface area contributed by atoms with Crippen molar-refractivity contribution in [3.8, 4) is 11.5 Å². The minimum Gasteiger partial charge on any atom is -0.492 e. The molecule has 0 heterocycles. The smallest absolute Gasteiger partial charge is 0.175 e. The molecular weight excluding hydrogens is 279 g/mol. The lowest BCUT2D eigenvalue weighted by molar-refractivity contribution is 0.141. The summed E-state index contributed by atoms with van der Waals surface area (Å²) in [6.07, 6.45) is 1.09. The predicted molar refractivity (Wildman–Crippen MR) is 60.3 cm³/mol. The van der Waals surface area contributed by atoms with Crippen LogP contribution in [-0.4, -0.2) is 19.3 Å². The summed E-state index contributed by atoms with van der Waals surface area (Å²) in [6.45, 7) is 0. The Morgan fingerprint density at radius 2 is 1.88 bits per heavy atom. The van der Waals surface area contributed by atoms with Crippen LogP contribution in [0.4, 0.5) is 4.39 Å². The molecule has 2 rings (SSSR count). The Balaban J connectivity index is 2.66. The fourth-order valence-electron chi connectivity index (χ4n) is 1.77. The largest absolute Gasteiger partial charge is 0.492 e. The molecule has 3 nitrogen and oxygen atoms in total. The summed E-state index contributed by atoms with van der Waals surface area (Å²) in [4.78, 5) is 0. The van der Waals surface area contributed by atoms with Crippen LogP contribution in [0.2, 0.25) is 0 Å². The highest BCUT2D eigenvalue weighted by Gasteiger charge is 2.47. The zero-order valence-electron chi connectivity index (χ0n) is 9.01. The highest BCUT2D eigenvalue weighted by molar-refractivity contribution is 9.10. The summed E-state index contributed by atoms with van der Waals surface area (Å²) in [5.74, 6) is 0.179. The number of benzene rings is 1. The second-order valence-electron chi connectivity index (χ2n) is 3.81. The Bertz CT molecular complexity index is 430. The maximum absolute atomic E-state index is 13.8. The molecule has 5 heteroatoms. The van der Waals surface area contributed by atoms with E-state index in [0.29, 0.717) is 23.1 Å². The first-order valence-electron chi connectivity index (χ1n) is 4.86. The molecule has 1 aliphatic carbocycles. The molecule has 0 amide bonds. The molecule has 0 atom stereocenters. The molecule has 0 spiro atoms. The first kappa shape index (κ1) is 11.7. The lowest BCUT2D eigenvalue weighted by atomic mass is 10.0. The summed E-state index contributed by atoms with van der Waals surface area (Å²) in [5, 5.41) is 10.0. The van der Waals surface area contributed by atoms with Gasteiger partial charge in [0.25, 0.3) is 0 Å². The van der Waals surface area contributed by atoms with Crippen molar-refractivity contribution in [1.82, 2.24) is 0 Å². The third-order valence-corrected chi connectivity index (χ3v) is 3.33. The quantitative estimate of drug-likeness (QED) is 0.930. The molecule has 0 aromatic heterocycles. The lowest BCUT2D eigenvalue weighted by Gasteiger charge is -2.18. The fourth-order valence-corrected chi connectivity index (χ4v) is 2.31. The van der Waals surface area contributed by atoms with E-state index < -0.39 is 11.4 Å². The molecule has 1 aromatic rings. The Hall–Kier alpha value is -0.810. The Kier molecular flexibility index (Phi) is 2.84. The summed E-state index contributed by atoms with van der Waals surface area (Å²) < 4.78 is 24.6. The van der Waals surface area contributed by atoms with E-state index in [9.17, 15) is 9.50 Å². The standard InChI is InChI=1S/C11H12BrFO3/c1-15-9-6(12)5-7(13)8(10(9)16-2)11(14)3-4-11/h5,14H,3-4H2,1-2H3. The average Bonchev–Trinajstić information content (AvgIpc) is 2.95. The van der Waals surface area contributed by atoms with Gasteiger partial charge in [0.05, 0.1) is 29.9 Å². The molecule has 1 aliphatic rings. The molecule has 1 saturated carbocycles. The molecule has 88 valence electrons. The third kappa shape index (κ3) is 1.68. The van der Waals surface area contributed by atoms with Crippen LogP contribution in [0.25, 0.3) is 0 Å². The van der Waals surface area contributed by atoms with Crippen LogP contribution in [0.1, 0.15) is 18.4 Å². The van der Waals surface area contributed by atoms with E-state index in [4.69, 9.17) is 9.47 Å². The van der Waals surface area contributed by atoms with E-state index in [1.165, 1.54) is 20.3 Å².